The van der Waals surface area contributed by atoms with E-state index in [4.69, 9.17) is 17.0 Å². The number of carbonyl (C=O) groups is 2. The summed E-state index contributed by atoms with van der Waals surface area (Å²) in [5, 5.41) is 5.70. The van der Waals surface area contributed by atoms with Gasteiger partial charge in [-0.1, -0.05) is 26.2 Å². The number of rotatable bonds is 9. The molecular formula is C22H26N2O4S. The van der Waals surface area contributed by atoms with Crippen molar-refractivity contribution >= 4 is 34.9 Å². The number of hydrogen-bond donors (Lipinski definition) is 2. The fraction of sp³-hybridized carbons (Fsp3) is 0.318. The third kappa shape index (κ3) is 7.54. The molecule has 0 atom stereocenters. The minimum absolute atomic E-state index is 0.164. The van der Waals surface area contributed by atoms with Gasteiger partial charge in [-0.05, 0) is 67.2 Å². The van der Waals surface area contributed by atoms with Gasteiger partial charge in [0.15, 0.2) is 5.11 Å². The lowest BCUT2D eigenvalue weighted by molar-refractivity contribution is 0.0600. The van der Waals surface area contributed by atoms with E-state index in [1.807, 2.05) is 0 Å². The second-order valence-corrected chi connectivity index (χ2v) is 6.82. The predicted molar refractivity (Wildman–Crippen MR) is 118 cm³/mol. The van der Waals surface area contributed by atoms with Gasteiger partial charge >= 0.3 is 5.97 Å². The fourth-order valence-corrected chi connectivity index (χ4v) is 2.78. The van der Waals surface area contributed by atoms with Crippen molar-refractivity contribution in [3.05, 3.63) is 59.7 Å². The SMILES string of the molecule is CCCCCCOc1ccc(C(=O)NC(=S)Nc2ccc(C(=O)OC)cc2)cc1. The van der Waals surface area contributed by atoms with Gasteiger partial charge in [-0.25, -0.2) is 4.79 Å². The average molecular weight is 415 g/mol. The molecule has 0 saturated heterocycles. The number of esters is 1. The highest BCUT2D eigenvalue weighted by atomic mass is 32.1. The Hall–Kier alpha value is -2.93. The normalized spacial score (nSPS) is 10.1. The van der Waals surface area contributed by atoms with Crippen LogP contribution in [-0.4, -0.2) is 30.7 Å². The lowest BCUT2D eigenvalue weighted by atomic mass is 10.2. The van der Waals surface area contributed by atoms with Crippen molar-refractivity contribution in [3.8, 4) is 5.75 Å². The van der Waals surface area contributed by atoms with Crippen LogP contribution in [0.1, 0.15) is 53.3 Å². The summed E-state index contributed by atoms with van der Waals surface area (Å²) in [5.41, 5.74) is 1.56. The van der Waals surface area contributed by atoms with E-state index in [-0.39, 0.29) is 11.0 Å². The predicted octanol–water partition coefficient (Wildman–Crippen LogP) is 4.56. The maximum absolute atomic E-state index is 12.3. The van der Waals surface area contributed by atoms with Crippen LogP contribution in [0.4, 0.5) is 5.69 Å². The van der Waals surface area contributed by atoms with E-state index >= 15 is 0 Å². The van der Waals surface area contributed by atoms with Crippen molar-refractivity contribution in [2.75, 3.05) is 19.0 Å². The molecule has 2 rings (SSSR count). The molecule has 29 heavy (non-hydrogen) atoms. The summed E-state index contributed by atoms with van der Waals surface area (Å²) >= 11 is 5.18. The highest BCUT2D eigenvalue weighted by Crippen LogP contribution is 2.14. The molecule has 0 aliphatic heterocycles. The van der Waals surface area contributed by atoms with Crippen LogP contribution in [0, 0.1) is 0 Å². The van der Waals surface area contributed by atoms with E-state index in [1.165, 1.54) is 20.0 Å². The Kier molecular flexibility index (Phi) is 9.11. The Bertz CT molecular complexity index is 820. The Morgan fingerprint density at radius 2 is 1.59 bits per heavy atom. The van der Waals surface area contributed by atoms with Gasteiger partial charge in [-0.15, -0.1) is 0 Å². The molecule has 0 fully saturated rings. The first-order chi connectivity index (χ1) is 14.0. The van der Waals surface area contributed by atoms with Crippen molar-refractivity contribution in [1.82, 2.24) is 5.32 Å². The van der Waals surface area contributed by atoms with Crippen molar-refractivity contribution in [2.45, 2.75) is 32.6 Å². The van der Waals surface area contributed by atoms with Crippen molar-refractivity contribution in [2.24, 2.45) is 0 Å². The molecule has 0 heterocycles. The van der Waals surface area contributed by atoms with Gasteiger partial charge in [0, 0.05) is 11.3 Å². The third-order valence-electron chi connectivity index (χ3n) is 4.17. The number of thiocarbonyl (C=S) groups is 1. The highest BCUT2D eigenvalue weighted by Gasteiger charge is 2.09. The van der Waals surface area contributed by atoms with E-state index in [1.54, 1.807) is 48.5 Å². The average Bonchev–Trinajstić information content (AvgIpc) is 2.74. The number of nitrogens with one attached hydrogen (secondary N) is 2. The molecular weight excluding hydrogens is 388 g/mol. The summed E-state index contributed by atoms with van der Waals surface area (Å²) < 4.78 is 10.3. The van der Waals surface area contributed by atoms with Crippen molar-refractivity contribution in [1.29, 1.82) is 0 Å². The molecule has 154 valence electrons. The molecule has 0 saturated carbocycles. The molecule has 7 heteroatoms. The maximum Gasteiger partial charge on any atom is 0.337 e. The van der Waals surface area contributed by atoms with Gasteiger partial charge in [0.05, 0.1) is 19.3 Å². The van der Waals surface area contributed by atoms with Crippen LogP contribution in [0.2, 0.25) is 0 Å². The molecule has 0 aliphatic rings. The molecule has 0 radical (unpaired) electrons. The topological polar surface area (TPSA) is 76.7 Å². The summed E-state index contributed by atoms with van der Waals surface area (Å²) in [7, 11) is 1.32. The zero-order chi connectivity index (χ0) is 21.1. The summed E-state index contributed by atoms with van der Waals surface area (Å²) in [6, 6.07) is 13.5. The summed E-state index contributed by atoms with van der Waals surface area (Å²) in [4.78, 5) is 23.8. The Labute approximate surface area is 176 Å². The quantitative estimate of drug-likeness (QED) is 0.356. The molecule has 0 unspecified atom stereocenters. The first-order valence-corrected chi connectivity index (χ1v) is 9.98. The van der Waals surface area contributed by atoms with E-state index in [0.29, 0.717) is 23.4 Å². The lowest BCUT2D eigenvalue weighted by Crippen LogP contribution is -2.34. The second-order valence-electron chi connectivity index (χ2n) is 6.41. The molecule has 6 nitrogen and oxygen atoms in total. The number of benzene rings is 2. The molecule has 2 aromatic carbocycles. The number of methoxy groups -OCH3 is 1. The molecule has 1 amide bonds. The zero-order valence-electron chi connectivity index (χ0n) is 16.7. The first-order valence-electron chi connectivity index (χ1n) is 9.57. The largest absolute Gasteiger partial charge is 0.494 e. The van der Waals surface area contributed by atoms with Crippen LogP contribution in [0.3, 0.4) is 0 Å². The second kappa shape index (κ2) is 11.8. The van der Waals surface area contributed by atoms with Crippen molar-refractivity contribution < 1.29 is 19.1 Å². The highest BCUT2D eigenvalue weighted by molar-refractivity contribution is 7.80. The zero-order valence-corrected chi connectivity index (χ0v) is 17.5. The van der Waals surface area contributed by atoms with Crippen LogP contribution in [0.15, 0.2) is 48.5 Å². The van der Waals surface area contributed by atoms with Gasteiger partial charge in [0.1, 0.15) is 5.75 Å². The molecule has 0 spiro atoms. The Morgan fingerprint density at radius 1 is 0.931 bits per heavy atom. The van der Waals surface area contributed by atoms with Crippen LogP contribution in [0.25, 0.3) is 0 Å². The minimum atomic E-state index is -0.416. The number of amides is 1. The number of carbonyl (C=O) groups excluding carboxylic acids is 2. The molecule has 0 aromatic heterocycles. The maximum atomic E-state index is 12.3. The Balaban J connectivity index is 1.81. The van der Waals surface area contributed by atoms with Crippen LogP contribution >= 0.6 is 12.2 Å². The van der Waals surface area contributed by atoms with E-state index in [0.717, 1.165) is 18.6 Å². The third-order valence-corrected chi connectivity index (χ3v) is 4.38. The molecule has 2 N–H and O–H groups in total. The summed E-state index contributed by atoms with van der Waals surface area (Å²) in [5.74, 6) is 0.00781. The van der Waals surface area contributed by atoms with Gasteiger partial charge in [0.2, 0.25) is 0 Å². The fourth-order valence-electron chi connectivity index (χ4n) is 2.57. The lowest BCUT2D eigenvalue weighted by Gasteiger charge is -2.11. The van der Waals surface area contributed by atoms with Gasteiger partial charge in [-0.2, -0.15) is 0 Å². The molecule has 0 aliphatic carbocycles. The number of unbranched alkanes of at least 4 members (excludes halogenated alkanes) is 3. The van der Waals surface area contributed by atoms with E-state index in [2.05, 4.69) is 22.3 Å². The van der Waals surface area contributed by atoms with Crippen LogP contribution < -0.4 is 15.4 Å². The Morgan fingerprint density at radius 3 is 2.21 bits per heavy atom. The standard InChI is InChI=1S/C22H26N2O4S/c1-3-4-5-6-15-28-19-13-9-16(10-14-19)20(25)24-22(29)23-18-11-7-17(8-12-18)21(26)27-2/h7-14H,3-6,15H2,1-2H3,(H2,23,24,25,29). The summed E-state index contributed by atoms with van der Waals surface area (Å²) in [6.45, 7) is 2.85. The number of anilines is 1. The van der Waals surface area contributed by atoms with Gasteiger partial charge < -0.3 is 14.8 Å². The first kappa shape index (κ1) is 22.4. The number of ether oxygens (including phenoxy) is 2. The van der Waals surface area contributed by atoms with Crippen LogP contribution in [0.5, 0.6) is 5.75 Å². The number of hydrogen-bond acceptors (Lipinski definition) is 5. The van der Waals surface area contributed by atoms with E-state index < -0.39 is 5.97 Å². The summed E-state index contributed by atoms with van der Waals surface area (Å²) in [6.07, 6.45) is 4.59. The van der Waals surface area contributed by atoms with Crippen LogP contribution in [-0.2, 0) is 4.74 Å². The smallest absolute Gasteiger partial charge is 0.337 e. The minimum Gasteiger partial charge on any atom is -0.494 e. The van der Waals surface area contributed by atoms with Gasteiger partial charge in [-0.3, -0.25) is 10.1 Å². The van der Waals surface area contributed by atoms with E-state index in [9.17, 15) is 9.59 Å². The molecule has 0 bridgehead atoms. The van der Waals surface area contributed by atoms with Crippen molar-refractivity contribution in [3.63, 3.8) is 0 Å². The molecule has 2 aromatic rings. The monoisotopic (exact) mass is 414 g/mol. The van der Waals surface area contributed by atoms with Gasteiger partial charge in [0.25, 0.3) is 5.91 Å².